The first-order valence-electron chi connectivity index (χ1n) is 5.68. The van der Waals surface area contributed by atoms with Crippen molar-refractivity contribution in [3.63, 3.8) is 0 Å². The molecule has 0 radical (unpaired) electrons. The number of anilines is 1. The molecule has 0 unspecified atom stereocenters. The van der Waals surface area contributed by atoms with Crippen molar-refractivity contribution >= 4 is 27.5 Å². The third-order valence-corrected chi connectivity index (χ3v) is 3.57. The van der Waals surface area contributed by atoms with Crippen LogP contribution in [0.5, 0.6) is 0 Å². The summed E-state index contributed by atoms with van der Waals surface area (Å²) in [4.78, 5) is 11.8. The molecule has 1 aromatic carbocycles. The van der Waals surface area contributed by atoms with Crippen LogP contribution in [0.25, 0.3) is 0 Å². The third kappa shape index (κ3) is 3.07. The summed E-state index contributed by atoms with van der Waals surface area (Å²) in [6.07, 6.45) is 4.10. The minimum absolute atomic E-state index is 0.00398. The second-order valence-corrected chi connectivity index (χ2v) is 5.27. The Labute approximate surface area is 109 Å². The minimum atomic E-state index is 0.00398. The number of nitrogens with one attached hydrogen (secondary N) is 1. The van der Waals surface area contributed by atoms with E-state index in [1.54, 1.807) is 18.2 Å². The normalized spacial score (nSPS) is 14.8. The highest BCUT2D eigenvalue weighted by Crippen LogP contribution is 2.30. The Balaban J connectivity index is 2.04. The van der Waals surface area contributed by atoms with Crippen LogP contribution in [0.3, 0.4) is 0 Å². The summed E-state index contributed by atoms with van der Waals surface area (Å²) >= 11 is 3.33. The number of hydrogen-bond donors (Lipinski definition) is 1. The van der Waals surface area contributed by atoms with Crippen LogP contribution < -0.4 is 5.32 Å². The molecule has 1 aliphatic carbocycles. The smallest absolute Gasteiger partial charge is 0.224 e. The topological polar surface area (TPSA) is 52.9 Å². The van der Waals surface area contributed by atoms with E-state index < -0.39 is 0 Å². The average molecular weight is 293 g/mol. The van der Waals surface area contributed by atoms with E-state index in [1.165, 1.54) is 6.42 Å². The van der Waals surface area contributed by atoms with E-state index in [4.69, 9.17) is 5.26 Å². The SMILES string of the molecule is N#Cc1ccc(Br)cc1NC(=O)CC1CCC1. The molecule has 4 heteroatoms. The molecule has 0 atom stereocenters. The van der Waals surface area contributed by atoms with Crippen LogP contribution in [0.15, 0.2) is 22.7 Å². The van der Waals surface area contributed by atoms with Crippen molar-refractivity contribution in [2.45, 2.75) is 25.7 Å². The lowest BCUT2D eigenvalue weighted by molar-refractivity contribution is -0.117. The van der Waals surface area contributed by atoms with Crippen LogP contribution in [0.2, 0.25) is 0 Å². The van der Waals surface area contributed by atoms with Gasteiger partial charge in [-0.1, -0.05) is 22.4 Å². The predicted molar refractivity (Wildman–Crippen MR) is 69.4 cm³/mol. The molecule has 3 nitrogen and oxygen atoms in total. The lowest BCUT2D eigenvalue weighted by atomic mass is 9.83. The van der Waals surface area contributed by atoms with Gasteiger partial charge < -0.3 is 5.32 Å². The van der Waals surface area contributed by atoms with Gasteiger partial charge in [0.2, 0.25) is 5.91 Å². The van der Waals surface area contributed by atoms with Gasteiger partial charge in [-0.05, 0) is 37.0 Å². The number of carbonyl (C=O) groups excluding carboxylic acids is 1. The van der Waals surface area contributed by atoms with Gasteiger partial charge >= 0.3 is 0 Å². The molecule has 1 aliphatic rings. The maximum atomic E-state index is 11.8. The number of carbonyl (C=O) groups is 1. The zero-order valence-electron chi connectivity index (χ0n) is 9.37. The minimum Gasteiger partial charge on any atom is -0.325 e. The first kappa shape index (κ1) is 12.1. The molecule has 1 aromatic rings. The lowest BCUT2D eigenvalue weighted by Gasteiger charge is -2.24. The molecular weight excluding hydrogens is 280 g/mol. The molecule has 1 saturated carbocycles. The molecule has 88 valence electrons. The second-order valence-electron chi connectivity index (χ2n) is 4.35. The highest BCUT2D eigenvalue weighted by atomic mass is 79.9. The molecule has 0 aliphatic heterocycles. The molecule has 0 heterocycles. The van der Waals surface area contributed by atoms with E-state index in [0.717, 1.165) is 17.3 Å². The Hall–Kier alpha value is -1.34. The Kier molecular flexibility index (Phi) is 3.80. The summed E-state index contributed by atoms with van der Waals surface area (Å²) < 4.78 is 0.857. The van der Waals surface area contributed by atoms with Gasteiger partial charge in [0.15, 0.2) is 0 Å². The zero-order chi connectivity index (χ0) is 12.3. The predicted octanol–water partition coefficient (Wildman–Crippen LogP) is 3.45. The molecule has 0 bridgehead atoms. The fourth-order valence-electron chi connectivity index (χ4n) is 1.88. The summed E-state index contributed by atoms with van der Waals surface area (Å²) in [6.45, 7) is 0. The monoisotopic (exact) mass is 292 g/mol. The van der Waals surface area contributed by atoms with Gasteiger partial charge in [-0.25, -0.2) is 0 Å². The molecule has 0 aromatic heterocycles. The van der Waals surface area contributed by atoms with Crippen molar-refractivity contribution in [3.8, 4) is 6.07 Å². The van der Waals surface area contributed by atoms with E-state index in [2.05, 4.69) is 27.3 Å². The van der Waals surface area contributed by atoms with Crippen molar-refractivity contribution in [2.24, 2.45) is 5.92 Å². The number of amides is 1. The first-order chi connectivity index (χ1) is 8.19. The van der Waals surface area contributed by atoms with Gasteiger partial charge in [0, 0.05) is 10.9 Å². The Bertz CT molecular complexity index is 475. The van der Waals surface area contributed by atoms with E-state index in [0.29, 0.717) is 23.6 Å². The van der Waals surface area contributed by atoms with E-state index in [-0.39, 0.29) is 5.91 Å². The third-order valence-electron chi connectivity index (χ3n) is 3.07. The molecule has 1 fully saturated rings. The fraction of sp³-hybridized carbons (Fsp3) is 0.385. The van der Waals surface area contributed by atoms with Gasteiger partial charge in [-0.2, -0.15) is 5.26 Å². The number of hydrogen-bond acceptors (Lipinski definition) is 2. The molecular formula is C13H13BrN2O. The molecule has 1 N–H and O–H groups in total. The summed E-state index contributed by atoms with van der Waals surface area (Å²) in [7, 11) is 0. The van der Waals surface area contributed by atoms with Gasteiger partial charge in [-0.15, -0.1) is 0 Å². The number of nitriles is 1. The van der Waals surface area contributed by atoms with E-state index >= 15 is 0 Å². The number of rotatable bonds is 3. The van der Waals surface area contributed by atoms with Gasteiger partial charge in [0.05, 0.1) is 11.3 Å². The standard InChI is InChI=1S/C13H13BrN2O/c14-11-5-4-10(8-15)12(7-11)16-13(17)6-9-2-1-3-9/h4-5,7,9H,1-3,6H2,(H,16,17). The lowest BCUT2D eigenvalue weighted by Crippen LogP contribution is -2.21. The fourth-order valence-corrected chi connectivity index (χ4v) is 2.24. The summed E-state index contributed by atoms with van der Waals surface area (Å²) in [5.74, 6) is 0.539. The maximum absolute atomic E-state index is 11.8. The van der Waals surface area contributed by atoms with Crippen LogP contribution >= 0.6 is 15.9 Å². The van der Waals surface area contributed by atoms with Crippen molar-refractivity contribution in [1.29, 1.82) is 5.26 Å². The van der Waals surface area contributed by atoms with E-state index in [9.17, 15) is 4.79 Å². The van der Waals surface area contributed by atoms with Gasteiger partial charge in [0.1, 0.15) is 6.07 Å². The first-order valence-corrected chi connectivity index (χ1v) is 6.48. The molecule has 1 amide bonds. The van der Waals surface area contributed by atoms with Crippen molar-refractivity contribution < 1.29 is 4.79 Å². The largest absolute Gasteiger partial charge is 0.325 e. The Morgan fingerprint density at radius 3 is 2.88 bits per heavy atom. The van der Waals surface area contributed by atoms with E-state index in [1.807, 2.05) is 0 Å². The number of halogens is 1. The summed E-state index contributed by atoms with van der Waals surface area (Å²) in [5, 5.41) is 11.8. The quantitative estimate of drug-likeness (QED) is 0.928. The highest BCUT2D eigenvalue weighted by molar-refractivity contribution is 9.10. The maximum Gasteiger partial charge on any atom is 0.224 e. The van der Waals surface area contributed by atoms with Crippen molar-refractivity contribution in [2.75, 3.05) is 5.32 Å². The summed E-state index contributed by atoms with van der Waals surface area (Å²) in [6, 6.07) is 7.32. The van der Waals surface area contributed by atoms with Gasteiger partial charge in [0.25, 0.3) is 0 Å². The average Bonchev–Trinajstić information content (AvgIpc) is 2.24. The van der Waals surface area contributed by atoms with Crippen LogP contribution in [-0.2, 0) is 4.79 Å². The number of nitrogens with zero attached hydrogens (tertiary/aromatic N) is 1. The number of benzene rings is 1. The van der Waals surface area contributed by atoms with Crippen LogP contribution in [-0.4, -0.2) is 5.91 Å². The molecule has 2 rings (SSSR count). The Morgan fingerprint density at radius 2 is 2.29 bits per heavy atom. The summed E-state index contributed by atoms with van der Waals surface area (Å²) in [5.41, 5.74) is 1.08. The van der Waals surface area contributed by atoms with Crippen LogP contribution in [0, 0.1) is 17.2 Å². The Morgan fingerprint density at radius 1 is 1.53 bits per heavy atom. The highest BCUT2D eigenvalue weighted by Gasteiger charge is 2.21. The second kappa shape index (κ2) is 5.33. The van der Waals surface area contributed by atoms with Crippen molar-refractivity contribution in [1.82, 2.24) is 0 Å². The molecule has 0 spiro atoms. The van der Waals surface area contributed by atoms with Crippen LogP contribution in [0.4, 0.5) is 5.69 Å². The zero-order valence-corrected chi connectivity index (χ0v) is 11.0. The molecule has 17 heavy (non-hydrogen) atoms. The van der Waals surface area contributed by atoms with Gasteiger partial charge in [-0.3, -0.25) is 4.79 Å². The molecule has 0 saturated heterocycles. The van der Waals surface area contributed by atoms with Crippen molar-refractivity contribution in [3.05, 3.63) is 28.2 Å². The van der Waals surface area contributed by atoms with Crippen LogP contribution in [0.1, 0.15) is 31.2 Å².